The Morgan fingerprint density at radius 2 is 0.800 bits per heavy atom. The van der Waals surface area contributed by atoms with Gasteiger partial charge in [-0.25, -0.2) is 0 Å². The van der Waals surface area contributed by atoms with Crippen molar-refractivity contribution in [2.75, 3.05) is 43.2 Å². The molecule has 0 heterocycles. The molecule has 0 aromatic heterocycles. The van der Waals surface area contributed by atoms with Crippen molar-refractivity contribution in [2.24, 2.45) is 0 Å². The third-order valence-corrected chi connectivity index (χ3v) is 14.5. The van der Waals surface area contributed by atoms with Gasteiger partial charge in [-0.1, -0.05) is 169 Å². The maximum Gasteiger partial charge on any atom is 0.306 e. The average molecular weight is 887 g/mol. The van der Waals surface area contributed by atoms with Gasteiger partial charge in [0.25, 0.3) is 0 Å². The van der Waals surface area contributed by atoms with Crippen LogP contribution in [0.3, 0.4) is 0 Å². The Hall–Kier alpha value is -0.440. The molecule has 0 saturated heterocycles. The third kappa shape index (κ3) is 41.6. The zero-order chi connectivity index (χ0) is 44.0. The van der Waals surface area contributed by atoms with Crippen molar-refractivity contribution >= 4 is 35.5 Å². The van der Waals surface area contributed by atoms with Gasteiger partial charge >= 0.3 is 11.9 Å². The highest BCUT2D eigenvalue weighted by Crippen LogP contribution is 2.22. The Bertz CT molecular complexity index is 832. The molecule has 1 N–H and O–H groups in total. The highest BCUT2D eigenvalue weighted by atomic mass is 32.2. The van der Waals surface area contributed by atoms with Crippen LogP contribution in [-0.4, -0.2) is 83.4 Å². The fraction of sp³-hybridized carbons (Fsp3) is 0.962. The SMILES string of the molecule is CCCCCCCCC(=O)OC(CCCCCC(CCCCCC(CSCCCCCCC)OC(=O)CCCCCCCC)N(C)CCCCO)CSCCCCCCC. The van der Waals surface area contributed by atoms with Crippen molar-refractivity contribution in [2.45, 2.75) is 277 Å². The molecule has 358 valence electrons. The maximum absolute atomic E-state index is 12.8. The van der Waals surface area contributed by atoms with Crippen LogP contribution in [0.2, 0.25) is 0 Å². The highest BCUT2D eigenvalue weighted by Gasteiger charge is 2.18. The first-order chi connectivity index (χ1) is 29.4. The molecule has 0 spiro atoms. The Labute approximate surface area is 383 Å². The quantitative estimate of drug-likeness (QED) is 0.0478. The molecule has 6 nitrogen and oxygen atoms in total. The predicted molar refractivity (Wildman–Crippen MR) is 267 cm³/mol. The molecule has 0 bridgehead atoms. The van der Waals surface area contributed by atoms with Crippen molar-refractivity contribution in [1.29, 1.82) is 0 Å². The largest absolute Gasteiger partial charge is 0.461 e. The van der Waals surface area contributed by atoms with Crippen LogP contribution >= 0.6 is 23.5 Å². The number of thioether (sulfide) groups is 2. The molecule has 0 fully saturated rings. The molecule has 0 radical (unpaired) electrons. The number of nitrogens with zero attached hydrogens (tertiary/aromatic N) is 1. The van der Waals surface area contributed by atoms with E-state index in [-0.39, 0.29) is 30.8 Å². The summed E-state index contributed by atoms with van der Waals surface area (Å²) in [6, 6.07) is 0.548. The Morgan fingerprint density at radius 3 is 1.20 bits per heavy atom. The minimum Gasteiger partial charge on any atom is -0.461 e. The van der Waals surface area contributed by atoms with Gasteiger partial charge in [0, 0.05) is 37.0 Å². The van der Waals surface area contributed by atoms with E-state index in [1.165, 1.54) is 166 Å². The predicted octanol–water partition coefficient (Wildman–Crippen LogP) is 15.7. The summed E-state index contributed by atoms with van der Waals surface area (Å²) >= 11 is 3.97. The van der Waals surface area contributed by atoms with Gasteiger partial charge in [0.1, 0.15) is 12.2 Å². The second-order valence-corrected chi connectivity index (χ2v) is 20.4. The lowest BCUT2D eigenvalue weighted by Crippen LogP contribution is -2.32. The zero-order valence-electron chi connectivity index (χ0n) is 40.8. The lowest BCUT2D eigenvalue weighted by Gasteiger charge is -2.28. The molecule has 0 rings (SSSR count). The number of rotatable bonds is 49. The average Bonchev–Trinajstić information content (AvgIpc) is 3.24. The van der Waals surface area contributed by atoms with Crippen LogP contribution in [0.1, 0.15) is 259 Å². The van der Waals surface area contributed by atoms with Crippen LogP contribution < -0.4 is 0 Å². The molecule has 0 saturated carbocycles. The molecule has 0 aromatic carbocycles. The smallest absolute Gasteiger partial charge is 0.306 e. The highest BCUT2D eigenvalue weighted by molar-refractivity contribution is 7.99. The summed E-state index contributed by atoms with van der Waals surface area (Å²) in [6.07, 6.45) is 41.8. The standard InChI is InChI=1S/C52H103NO5S2/c1-6-10-14-18-20-30-40-51(55)57-49(46-59-44-34-22-16-12-8-3)38-28-24-26-36-48(53(5)42-32-33-43-54)37-27-25-29-39-50(47-60-45-35-23-17-13-9-4)58-52(56)41-31-21-19-15-11-7-2/h48-50,54H,6-47H2,1-5H3. The summed E-state index contributed by atoms with van der Waals surface area (Å²) in [5.74, 6) is 4.23. The molecule has 2 unspecified atom stereocenters. The van der Waals surface area contributed by atoms with Crippen LogP contribution in [0, 0.1) is 0 Å². The summed E-state index contributed by atoms with van der Waals surface area (Å²) < 4.78 is 12.2. The first kappa shape index (κ1) is 59.6. The van der Waals surface area contributed by atoms with E-state index in [0.717, 1.165) is 82.3 Å². The van der Waals surface area contributed by atoms with E-state index in [9.17, 15) is 14.7 Å². The third-order valence-electron chi connectivity index (χ3n) is 12.1. The van der Waals surface area contributed by atoms with E-state index in [1.54, 1.807) is 0 Å². The number of ether oxygens (including phenoxy) is 2. The number of hydrogen-bond acceptors (Lipinski definition) is 8. The number of hydrogen-bond donors (Lipinski definition) is 1. The van der Waals surface area contributed by atoms with Crippen molar-refractivity contribution < 1.29 is 24.2 Å². The fourth-order valence-electron chi connectivity index (χ4n) is 8.08. The summed E-state index contributed by atoms with van der Waals surface area (Å²) in [6.45, 7) is 10.3. The number of aliphatic hydroxyl groups excluding tert-OH is 1. The van der Waals surface area contributed by atoms with Crippen LogP contribution in [0.4, 0.5) is 0 Å². The Morgan fingerprint density at radius 1 is 0.450 bits per heavy atom. The molecule has 0 aliphatic carbocycles. The molecule has 0 aromatic rings. The van der Waals surface area contributed by atoms with E-state index >= 15 is 0 Å². The fourth-order valence-corrected chi connectivity index (χ4v) is 10.2. The first-order valence-corrected chi connectivity index (χ1v) is 28.6. The first-order valence-electron chi connectivity index (χ1n) is 26.3. The van der Waals surface area contributed by atoms with Gasteiger partial charge in [-0.3, -0.25) is 9.59 Å². The van der Waals surface area contributed by atoms with Crippen LogP contribution in [0.15, 0.2) is 0 Å². The van der Waals surface area contributed by atoms with E-state index in [2.05, 4.69) is 39.6 Å². The monoisotopic (exact) mass is 886 g/mol. The summed E-state index contributed by atoms with van der Waals surface area (Å²) in [7, 11) is 2.28. The van der Waals surface area contributed by atoms with E-state index in [4.69, 9.17) is 9.47 Å². The Kier molecular flexibility index (Phi) is 47.7. The summed E-state index contributed by atoms with van der Waals surface area (Å²) in [5.41, 5.74) is 0. The summed E-state index contributed by atoms with van der Waals surface area (Å²) in [5, 5.41) is 9.42. The normalized spacial score (nSPS) is 13.2. The van der Waals surface area contributed by atoms with E-state index in [0.29, 0.717) is 18.9 Å². The minimum absolute atomic E-state index is 0.0119. The number of carbonyl (C=O) groups excluding carboxylic acids is 2. The molecule has 60 heavy (non-hydrogen) atoms. The number of unbranched alkanes of at least 4 members (excludes halogenated alkanes) is 23. The van der Waals surface area contributed by atoms with Gasteiger partial charge in [0.15, 0.2) is 0 Å². The lowest BCUT2D eigenvalue weighted by molar-refractivity contribution is -0.149. The second-order valence-electron chi connectivity index (χ2n) is 18.1. The molecule has 2 atom stereocenters. The molecule has 8 heteroatoms. The number of aliphatic hydroxyl groups is 1. The molecular weight excluding hydrogens is 783 g/mol. The lowest BCUT2D eigenvalue weighted by atomic mass is 9.98. The minimum atomic E-state index is 0.0119. The molecule has 0 amide bonds. The van der Waals surface area contributed by atoms with Crippen molar-refractivity contribution in [3.8, 4) is 0 Å². The van der Waals surface area contributed by atoms with Crippen molar-refractivity contribution in [3.63, 3.8) is 0 Å². The topological polar surface area (TPSA) is 76.1 Å². The Balaban J connectivity index is 4.99. The van der Waals surface area contributed by atoms with Gasteiger partial charge < -0.3 is 19.5 Å². The van der Waals surface area contributed by atoms with Gasteiger partial charge in [0.05, 0.1) is 0 Å². The van der Waals surface area contributed by atoms with E-state index in [1.807, 2.05) is 23.5 Å². The molecule has 0 aliphatic rings. The molecular formula is C52H103NO5S2. The van der Waals surface area contributed by atoms with Crippen LogP contribution in [0.5, 0.6) is 0 Å². The van der Waals surface area contributed by atoms with Gasteiger partial charge in [0.2, 0.25) is 0 Å². The van der Waals surface area contributed by atoms with Gasteiger partial charge in [-0.05, 0) is 102 Å². The summed E-state index contributed by atoms with van der Waals surface area (Å²) in [4.78, 5) is 28.2. The number of esters is 2. The maximum atomic E-state index is 12.8. The van der Waals surface area contributed by atoms with Crippen molar-refractivity contribution in [1.82, 2.24) is 4.90 Å². The van der Waals surface area contributed by atoms with Crippen molar-refractivity contribution in [3.05, 3.63) is 0 Å². The van der Waals surface area contributed by atoms with Gasteiger partial charge in [-0.2, -0.15) is 23.5 Å². The van der Waals surface area contributed by atoms with E-state index < -0.39 is 0 Å². The van der Waals surface area contributed by atoms with Crippen LogP contribution in [0.25, 0.3) is 0 Å². The van der Waals surface area contributed by atoms with Crippen LogP contribution in [-0.2, 0) is 19.1 Å². The zero-order valence-corrected chi connectivity index (χ0v) is 42.4. The number of carbonyl (C=O) groups is 2. The molecule has 0 aliphatic heterocycles. The second kappa shape index (κ2) is 48.0. The van der Waals surface area contributed by atoms with Gasteiger partial charge in [-0.15, -0.1) is 0 Å².